The van der Waals surface area contributed by atoms with Gasteiger partial charge in [0, 0.05) is 18.1 Å². The normalized spacial score (nSPS) is 24.5. The number of hydrogen-bond acceptors (Lipinski definition) is 6. The summed E-state index contributed by atoms with van der Waals surface area (Å²) in [5.74, 6) is -1.36. The molecule has 2 fully saturated rings. The van der Waals surface area contributed by atoms with Crippen LogP contribution in [0.4, 0.5) is 11.4 Å². The Labute approximate surface area is 234 Å². The van der Waals surface area contributed by atoms with E-state index in [-0.39, 0.29) is 35.2 Å². The predicted octanol–water partition coefficient (Wildman–Crippen LogP) is 6.42. The van der Waals surface area contributed by atoms with Gasteiger partial charge in [0.1, 0.15) is 5.75 Å². The van der Waals surface area contributed by atoms with Crippen LogP contribution in [0.3, 0.4) is 0 Å². The van der Waals surface area contributed by atoms with E-state index in [1.54, 1.807) is 6.07 Å². The van der Waals surface area contributed by atoms with Crippen molar-refractivity contribution in [3.8, 4) is 5.75 Å². The third kappa shape index (κ3) is 4.96. The lowest BCUT2D eigenvalue weighted by atomic mass is 9.68. The fraction of sp³-hybridized carbons (Fsp3) is 0.438. The van der Waals surface area contributed by atoms with Crippen LogP contribution in [0.2, 0.25) is 0 Å². The molecule has 2 aromatic rings. The molecule has 0 radical (unpaired) electrons. The van der Waals surface area contributed by atoms with Crippen molar-refractivity contribution in [2.75, 3.05) is 11.5 Å². The summed E-state index contributed by atoms with van der Waals surface area (Å²) in [5.41, 5.74) is 6.48. The van der Waals surface area contributed by atoms with Crippen LogP contribution in [0.1, 0.15) is 62.6 Å². The molecule has 2 heterocycles. The molecule has 210 valence electrons. The highest BCUT2D eigenvalue weighted by molar-refractivity contribution is 6.22. The smallest absolute Gasteiger partial charge is 0.271 e. The summed E-state index contributed by atoms with van der Waals surface area (Å²) in [7, 11) is 0. The van der Waals surface area contributed by atoms with Gasteiger partial charge in [0.05, 0.1) is 35.2 Å². The lowest BCUT2D eigenvalue weighted by molar-refractivity contribution is -0.384. The van der Waals surface area contributed by atoms with Crippen molar-refractivity contribution in [3.63, 3.8) is 0 Å². The summed E-state index contributed by atoms with van der Waals surface area (Å²) in [6, 6.07) is 9.71. The summed E-state index contributed by atoms with van der Waals surface area (Å²) >= 11 is 0. The number of nitrogens with zero attached hydrogens (tertiary/aromatic N) is 2. The van der Waals surface area contributed by atoms with Gasteiger partial charge in [-0.05, 0) is 86.9 Å². The molecule has 2 amide bonds. The fourth-order valence-corrected chi connectivity index (χ4v) is 6.80. The maximum Gasteiger partial charge on any atom is 0.271 e. The molecular formula is C32H36N2O6. The number of imide groups is 1. The van der Waals surface area contributed by atoms with Gasteiger partial charge in [-0.15, -0.1) is 0 Å². The molecule has 0 unspecified atom stereocenters. The third-order valence-electron chi connectivity index (χ3n) is 8.59. The number of aromatic hydroxyl groups is 1. The maximum absolute atomic E-state index is 13.7. The van der Waals surface area contributed by atoms with Crippen molar-refractivity contribution in [2.24, 2.45) is 17.8 Å². The standard InChI is InChI=1S/C32H36N2O6/c1-5-7-22-15-25-29(32(37)33(31(25)36)23-8-6-9-24(16-23)34(38)39)26-17-40-27(28(22)26)11-10-18(2)12-21-13-19(3)30(35)20(4)14-21/h6,8-9,12-14,16,25-27,29,35H,5,7,10-11,15,17H2,1-4H3/b18-12+/t25-,26+,27-,29-/m1/s1. The first-order chi connectivity index (χ1) is 19.1. The Hall–Kier alpha value is -3.78. The number of nitro benzene ring substituents is 1. The van der Waals surface area contributed by atoms with Crippen LogP contribution >= 0.6 is 0 Å². The number of fused-ring (bicyclic) bond motifs is 3. The average Bonchev–Trinajstić information content (AvgIpc) is 3.44. The second kappa shape index (κ2) is 11.0. The lowest BCUT2D eigenvalue weighted by Gasteiger charge is -2.31. The lowest BCUT2D eigenvalue weighted by Crippen LogP contribution is -2.34. The Balaban J connectivity index is 1.37. The van der Waals surface area contributed by atoms with Gasteiger partial charge in [0.2, 0.25) is 11.8 Å². The van der Waals surface area contributed by atoms with Crippen molar-refractivity contribution in [2.45, 2.75) is 65.9 Å². The van der Waals surface area contributed by atoms with Gasteiger partial charge in [0.15, 0.2) is 0 Å². The first kappa shape index (κ1) is 27.8. The summed E-state index contributed by atoms with van der Waals surface area (Å²) in [6.45, 7) is 8.40. The number of phenolic OH excluding ortho intramolecular Hbond substituents is 1. The van der Waals surface area contributed by atoms with Crippen LogP contribution in [0.25, 0.3) is 6.08 Å². The Morgan fingerprint density at radius 2 is 1.88 bits per heavy atom. The number of anilines is 1. The van der Waals surface area contributed by atoms with Crippen molar-refractivity contribution in [1.29, 1.82) is 0 Å². The van der Waals surface area contributed by atoms with Crippen LogP contribution in [0.15, 0.2) is 53.1 Å². The van der Waals surface area contributed by atoms with Gasteiger partial charge in [-0.25, -0.2) is 4.90 Å². The van der Waals surface area contributed by atoms with E-state index < -0.39 is 16.8 Å². The van der Waals surface area contributed by atoms with E-state index >= 15 is 0 Å². The van der Waals surface area contributed by atoms with E-state index in [0.29, 0.717) is 18.8 Å². The van der Waals surface area contributed by atoms with E-state index in [9.17, 15) is 24.8 Å². The highest BCUT2D eigenvalue weighted by Crippen LogP contribution is 2.51. The van der Waals surface area contributed by atoms with Crippen LogP contribution in [-0.4, -0.2) is 34.6 Å². The van der Waals surface area contributed by atoms with Gasteiger partial charge in [-0.1, -0.05) is 36.6 Å². The Morgan fingerprint density at radius 3 is 2.55 bits per heavy atom. The molecule has 2 aliphatic heterocycles. The van der Waals surface area contributed by atoms with Crippen LogP contribution < -0.4 is 4.90 Å². The number of ether oxygens (including phenoxy) is 1. The van der Waals surface area contributed by atoms with Crippen molar-refractivity contribution in [3.05, 3.63) is 79.9 Å². The number of carbonyl (C=O) groups is 2. The number of phenols is 1. The molecule has 0 saturated carbocycles. The Kier molecular flexibility index (Phi) is 7.64. The number of nitro groups is 1. The number of non-ortho nitro benzene ring substituents is 1. The summed E-state index contributed by atoms with van der Waals surface area (Å²) in [5, 5.41) is 21.4. The number of amides is 2. The molecule has 8 heteroatoms. The van der Waals surface area contributed by atoms with Crippen molar-refractivity contribution >= 4 is 29.3 Å². The molecule has 1 N–H and O–H groups in total. The number of carbonyl (C=O) groups excluding carboxylic acids is 2. The molecule has 8 nitrogen and oxygen atoms in total. The number of aryl methyl sites for hydroxylation is 2. The highest BCUT2D eigenvalue weighted by Gasteiger charge is 2.57. The summed E-state index contributed by atoms with van der Waals surface area (Å²) in [4.78, 5) is 39.2. The molecule has 2 aromatic carbocycles. The first-order valence-corrected chi connectivity index (χ1v) is 14.0. The minimum absolute atomic E-state index is 0.103. The van der Waals surface area contributed by atoms with Crippen molar-refractivity contribution < 1.29 is 24.4 Å². The highest BCUT2D eigenvalue weighted by atomic mass is 16.6. The van der Waals surface area contributed by atoms with Crippen LogP contribution in [0.5, 0.6) is 5.75 Å². The number of allylic oxidation sites excluding steroid dienone is 2. The summed E-state index contributed by atoms with van der Waals surface area (Å²) in [6.07, 6.45) is 5.96. The van der Waals surface area contributed by atoms with Gasteiger partial charge < -0.3 is 9.84 Å². The van der Waals surface area contributed by atoms with Crippen LogP contribution in [-0.2, 0) is 14.3 Å². The Morgan fingerprint density at radius 1 is 1.15 bits per heavy atom. The zero-order chi connectivity index (χ0) is 28.7. The average molecular weight is 545 g/mol. The monoisotopic (exact) mass is 544 g/mol. The number of benzene rings is 2. The minimum Gasteiger partial charge on any atom is -0.507 e. The molecule has 0 spiro atoms. The maximum atomic E-state index is 13.7. The van der Waals surface area contributed by atoms with Crippen molar-refractivity contribution in [1.82, 2.24) is 0 Å². The SMILES string of the molecule is CCCC1=C2[C@@H](CC/C(C)=C/c3cc(C)c(O)c(C)c3)OC[C@@H]2[C@@H]2C(=O)N(c3cccc([N+](=O)[O-])c3)C(=O)[C@@H]2C1. The molecule has 4 atom stereocenters. The fourth-order valence-electron chi connectivity index (χ4n) is 6.80. The molecule has 5 rings (SSSR count). The van der Waals surface area contributed by atoms with E-state index in [0.717, 1.165) is 47.3 Å². The summed E-state index contributed by atoms with van der Waals surface area (Å²) < 4.78 is 6.32. The molecule has 1 aliphatic carbocycles. The van der Waals surface area contributed by atoms with E-state index in [4.69, 9.17) is 4.74 Å². The first-order valence-electron chi connectivity index (χ1n) is 14.0. The van der Waals surface area contributed by atoms with Crippen LogP contribution in [0, 0.1) is 41.7 Å². The Bertz CT molecular complexity index is 1420. The molecule has 40 heavy (non-hydrogen) atoms. The minimum atomic E-state index is -0.517. The largest absolute Gasteiger partial charge is 0.507 e. The molecule has 0 bridgehead atoms. The zero-order valence-electron chi connectivity index (χ0n) is 23.5. The molecule has 3 aliphatic rings. The van der Waals surface area contributed by atoms with Gasteiger partial charge >= 0.3 is 0 Å². The quantitative estimate of drug-likeness (QED) is 0.178. The third-order valence-corrected chi connectivity index (χ3v) is 8.59. The second-order valence-electron chi connectivity index (χ2n) is 11.4. The molecule has 0 aromatic heterocycles. The zero-order valence-corrected chi connectivity index (χ0v) is 23.5. The van der Waals surface area contributed by atoms with Gasteiger partial charge in [-0.3, -0.25) is 19.7 Å². The molecule has 2 saturated heterocycles. The molecular weight excluding hydrogens is 508 g/mol. The number of hydrogen-bond donors (Lipinski definition) is 1. The topological polar surface area (TPSA) is 110 Å². The van der Waals surface area contributed by atoms with E-state index in [1.807, 2.05) is 26.0 Å². The van der Waals surface area contributed by atoms with E-state index in [1.165, 1.54) is 34.9 Å². The number of rotatable bonds is 8. The van der Waals surface area contributed by atoms with Gasteiger partial charge in [-0.2, -0.15) is 0 Å². The van der Waals surface area contributed by atoms with Gasteiger partial charge in [0.25, 0.3) is 5.69 Å². The van der Waals surface area contributed by atoms with E-state index in [2.05, 4.69) is 19.9 Å². The second-order valence-corrected chi connectivity index (χ2v) is 11.4. The predicted molar refractivity (Wildman–Crippen MR) is 153 cm³/mol.